The monoisotopic (exact) mass is 278 g/mol. The minimum atomic E-state index is -0.0309. The van der Waals surface area contributed by atoms with Crippen molar-refractivity contribution in [3.05, 3.63) is 24.0 Å². The van der Waals surface area contributed by atoms with Gasteiger partial charge in [0.2, 0.25) is 17.2 Å². The molecule has 1 aliphatic carbocycles. The first-order valence-electron chi connectivity index (χ1n) is 6.23. The average molecular weight is 279 g/mol. The molecule has 2 aromatic heterocycles. The van der Waals surface area contributed by atoms with Crippen LogP contribution in [0.25, 0.3) is 5.95 Å². The van der Waals surface area contributed by atoms with Crippen molar-refractivity contribution in [2.24, 2.45) is 5.92 Å². The summed E-state index contributed by atoms with van der Waals surface area (Å²) >= 11 is 5.95. The fourth-order valence-corrected chi connectivity index (χ4v) is 2.24. The number of hydrogen-bond acceptors (Lipinski definition) is 5. The molecule has 0 spiro atoms. The van der Waals surface area contributed by atoms with Crippen LogP contribution >= 0.6 is 11.6 Å². The van der Waals surface area contributed by atoms with E-state index in [0.29, 0.717) is 17.8 Å². The van der Waals surface area contributed by atoms with Crippen molar-refractivity contribution in [2.45, 2.75) is 32.2 Å². The van der Waals surface area contributed by atoms with Crippen molar-refractivity contribution in [3.63, 3.8) is 0 Å². The molecule has 2 aromatic rings. The molecule has 1 aliphatic rings. The molecule has 1 N–H and O–H groups in total. The van der Waals surface area contributed by atoms with E-state index in [-0.39, 0.29) is 10.8 Å². The normalized spacial score (nSPS) is 15.5. The van der Waals surface area contributed by atoms with Gasteiger partial charge in [-0.2, -0.15) is 15.0 Å². The van der Waals surface area contributed by atoms with Crippen LogP contribution < -0.4 is 5.32 Å². The van der Waals surface area contributed by atoms with Crippen LogP contribution in [0.4, 0.5) is 5.95 Å². The summed E-state index contributed by atoms with van der Waals surface area (Å²) in [5.74, 6) is 1.63. The summed E-state index contributed by atoms with van der Waals surface area (Å²) in [6.45, 7) is 4.30. The average Bonchev–Trinajstić information content (AvgIpc) is 3.05. The quantitative estimate of drug-likeness (QED) is 0.929. The highest BCUT2D eigenvalue weighted by atomic mass is 35.5. The highest BCUT2D eigenvalue weighted by Gasteiger charge is 2.38. The minimum Gasteiger partial charge on any atom is -0.349 e. The van der Waals surface area contributed by atoms with Crippen LogP contribution in [0, 0.1) is 5.92 Å². The Kier molecular flexibility index (Phi) is 2.89. The predicted molar refractivity (Wildman–Crippen MR) is 72.4 cm³/mol. The molecule has 0 bridgehead atoms. The number of nitrogens with one attached hydrogen (secondary N) is 1. The molecule has 0 unspecified atom stereocenters. The molecule has 6 nitrogen and oxygen atoms in total. The standard InChI is InChI=1S/C12H15ClN6/c1-12(2,8-3-4-8)18-10-15-9(13)16-11(17-10)19-6-5-14-7-19/h5-8H,3-4H2,1-2H3,(H,15,16,17,18). The second-order valence-electron chi connectivity index (χ2n) is 5.32. The van der Waals surface area contributed by atoms with E-state index in [1.807, 2.05) is 0 Å². The van der Waals surface area contributed by atoms with E-state index in [4.69, 9.17) is 11.6 Å². The third-order valence-electron chi connectivity index (χ3n) is 3.36. The van der Waals surface area contributed by atoms with Crippen LogP contribution in [-0.2, 0) is 0 Å². The number of aromatic nitrogens is 5. The second-order valence-corrected chi connectivity index (χ2v) is 5.66. The molecule has 19 heavy (non-hydrogen) atoms. The molecule has 100 valence electrons. The van der Waals surface area contributed by atoms with E-state index in [1.165, 1.54) is 12.8 Å². The van der Waals surface area contributed by atoms with Crippen LogP contribution in [0.15, 0.2) is 18.7 Å². The third-order valence-corrected chi connectivity index (χ3v) is 3.53. The van der Waals surface area contributed by atoms with Gasteiger partial charge in [-0.1, -0.05) is 0 Å². The van der Waals surface area contributed by atoms with Crippen molar-refractivity contribution in [2.75, 3.05) is 5.32 Å². The van der Waals surface area contributed by atoms with Gasteiger partial charge in [0.05, 0.1) is 0 Å². The molecule has 0 saturated heterocycles. The van der Waals surface area contributed by atoms with E-state index in [9.17, 15) is 0 Å². The zero-order chi connectivity index (χ0) is 13.5. The molecule has 0 atom stereocenters. The van der Waals surface area contributed by atoms with Gasteiger partial charge in [0.25, 0.3) is 0 Å². The Balaban J connectivity index is 1.89. The van der Waals surface area contributed by atoms with Gasteiger partial charge in [0.15, 0.2) is 0 Å². The molecule has 3 rings (SSSR count). The van der Waals surface area contributed by atoms with Gasteiger partial charge < -0.3 is 5.32 Å². The maximum Gasteiger partial charge on any atom is 0.241 e. The van der Waals surface area contributed by atoms with E-state index >= 15 is 0 Å². The van der Waals surface area contributed by atoms with Gasteiger partial charge in [-0.15, -0.1) is 0 Å². The Labute approximate surface area is 116 Å². The number of hydrogen-bond donors (Lipinski definition) is 1. The number of halogens is 1. The lowest BCUT2D eigenvalue weighted by Gasteiger charge is -2.26. The molecule has 2 heterocycles. The maximum absolute atomic E-state index is 5.95. The third kappa shape index (κ3) is 2.68. The Morgan fingerprint density at radius 1 is 1.32 bits per heavy atom. The van der Waals surface area contributed by atoms with Crippen molar-refractivity contribution in [3.8, 4) is 5.95 Å². The fraction of sp³-hybridized carbons (Fsp3) is 0.500. The molecule has 0 aromatic carbocycles. The highest BCUT2D eigenvalue weighted by Crippen LogP contribution is 2.40. The summed E-state index contributed by atoms with van der Waals surface area (Å²) < 4.78 is 1.70. The van der Waals surface area contributed by atoms with Crippen LogP contribution in [0.1, 0.15) is 26.7 Å². The van der Waals surface area contributed by atoms with Gasteiger partial charge in [-0.3, -0.25) is 4.57 Å². The SMILES string of the molecule is CC(C)(Nc1nc(Cl)nc(-n2ccnc2)n1)C1CC1. The number of imidazole rings is 1. The fourth-order valence-electron chi connectivity index (χ4n) is 2.08. The zero-order valence-electron chi connectivity index (χ0n) is 10.8. The molecule has 1 saturated carbocycles. The first-order valence-corrected chi connectivity index (χ1v) is 6.60. The van der Waals surface area contributed by atoms with E-state index in [1.54, 1.807) is 23.3 Å². The summed E-state index contributed by atoms with van der Waals surface area (Å²) in [6.07, 6.45) is 7.54. The van der Waals surface area contributed by atoms with Crippen LogP contribution in [0.3, 0.4) is 0 Å². The Morgan fingerprint density at radius 2 is 2.11 bits per heavy atom. The van der Waals surface area contributed by atoms with Crippen LogP contribution in [-0.4, -0.2) is 30.0 Å². The van der Waals surface area contributed by atoms with Gasteiger partial charge in [-0.25, -0.2) is 4.98 Å². The van der Waals surface area contributed by atoms with Crippen molar-refractivity contribution < 1.29 is 0 Å². The van der Waals surface area contributed by atoms with E-state index < -0.39 is 0 Å². The van der Waals surface area contributed by atoms with Crippen molar-refractivity contribution in [1.29, 1.82) is 0 Å². The van der Waals surface area contributed by atoms with Crippen LogP contribution in [0.5, 0.6) is 0 Å². The van der Waals surface area contributed by atoms with E-state index in [0.717, 1.165) is 0 Å². The molecular formula is C12H15ClN6. The summed E-state index contributed by atoms with van der Waals surface area (Å²) in [5.41, 5.74) is -0.0309. The smallest absolute Gasteiger partial charge is 0.241 e. The largest absolute Gasteiger partial charge is 0.349 e. The first kappa shape index (κ1) is 12.3. The van der Waals surface area contributed by atoms with Gasteiger partial charge in [0.1, 0.15) is 6.33 Å². The molecular weight excluding hydrogens is 264 g/mol. The first-order chi connectivity index (χ1) is 9.04. The number of nitrogens with zero attached hydrogens (tertiary/aromatic N) is 5. The Bertz CT molecular complexity index is 576. The topological polar surface area (TPSA) is 68.5 Å². The summed E-state index contributed by atoms with van der Waals surface area (Å²) in [5, 5.41) is 3.52. The molecule has 7 heteroatoms. The molecule has 0 radical (unpaired) electrons. The Hall–Kier alpha value is -1.69. The molecule has 1 fully saturated rings. The lowest BCUT2D eigenvalue weighted by atomic mass is 9.99. The van der Waals surface area contributed by atoms with Gasteiger partial charge in [-0.05, 0) is 44.2 Å². The lowest BCUT2D eigenvalue weighted by molar-refractivity contribution is 0.490. The lowest BCUT2D eigenvalue weighted by Crippen LogP contribution is -2.34. The summed E-state index contributed by atoms with van der Waals surface area (Å²) in [6, 6.07) is 0. The van der Waals surface area contributed by atoms with E-state index in [2.05, 4.69) is 39.1 Å². The van der Waals surface area contributed by atoms with Gasteiger partial charge >= 0.3 is 0 Å². The molecule has 0 aliphatic heterocycles. The molecule has 0 amide bonds. The Morgan fingerprint density at radius 3 is 2.74 bits per heavy atom. The maximum atomic E-state index is 5.95. The summed E-state index contributed by atoms with van der Waals surface area (Å²) in [4.78, 5) is 16.6. The number of rotatable bonds is 4. The predicted octanol–water partition coefficient (Wildman–Crippen LogP) is 2.31. The van der Waals surface area contributed by atoms with Crippen molar-refractivity contribution in [1.82, 2.24) is 24.5 Å². The number of anilines is 1. The second kappa shape index (κ2) is 4.45. The van der Waals surface area contributed by atoms with Gasteiger partial charge in [0, 0.05) is 17.9 Å². The minimum absolute atomic E-state index is 0.0309. The summed E-state index contributed by atoms with van der Waals surface area (Å²) in [7, 11) is 0. The zero-order valence-corrected chi connectivity index (χ0v) is 11.6. The highest BCUT2D eigenvalue weighted by molar-refractivity contribution is 6.28. The van der Waals surface area contributed by atoms with Crippen molar-refractivity contribution >= 4 is 17.5 Å². The van der Waals surface area contributed by atoms with Crippen LogP contribution in [0.2, 0.25) is 5.28 Å².